The normalized spacial score (nSPS) is 11.1. The number of nitrogens with one attached hydrogen (secondary N) is 2. The first-order valence-electron chi connectivity index (χ1n) is 9.27. The average molecular weight is 463 g/mol. The maximum Gasteiger partial charge on any atom is 0.261 e. The fourth-order valence-corrected chi connectivity index (χ4v) is 4.16. The van der Waals surface area contributed by atoms with Crippen LogP contribution in [0.15, 0.2) is 71.6 Å². The molecule has 0 aliphatic carbocycles. The van der Waals surface area contributed by atoms with Crippen molar-refractivity contribution in [1.29, 1.82) is 0 Å². The number of hydrogen-bond donors (Lipinski definition) is 2. The molecule has 0 spiro atoms. The summed E-state index contributed by atoms with van der Waals surface area (Å²) in [7, 11) is -2.35. The van der Waals surface area contributed by atoms with Crippen molar-refractivity contribution in [2.75, 3.05) is 17.1 Å². The van der Waals surface area contributed by atoms with Crippen molar-refractivity contribution < 1.29 is 22.3 Å². The molecule has 3 aromatic rings. The van der Waals surface area contributed by atoms with E-state index < -0.39 is 15.8 Å². The highest BCUT2D eigenvalue weighted by Crippen LogP contribution is 2.25. The number of carbonyl (C=O) groups excluding carboxylic acids is 1. The average Bonchev–Trinajstić information content (AvgIpc) is 2.72. The number of carbonyl (C=O) groups is 1. The zero-order valence-electron chi connectivity index (χ0n) is 16.6. The monoisotopic (exact) mass is 462 g/mol. The number of hydrogen-bond acceptors (Lipinski definition) is 4. The van der Waals surface area contributed by atoms with Crippen LogP contribution in [-0.2, 0) is 21.2 Å². The van der Waals surface area contributed by atoms with Gasteiger partial charge in [-0.05, 0) is 66.6 Å². The molecular weight excluding hydrogens is 443 g/mol. The van der Waals surface area contributed by atoms with E-state index in [0.717, 1.165) is 11.6 Å². The molecule has 1 amide bonds. The van der Waals surface area contributed by atoms with E-state index in [1.54, 1.807) is 12.1 Å². The largest absolute Gasteiger partial charge is 0.495 e. The van der Waals surface area contributed by atoms with Gasteiger partial charge in [0.05, 0.1) is 22.7 Å². The van der Waals surface area contributed by atoms with Crippen LogP contribution >= 0.6 is 11.6 Å². The molecule has 0 aromatic heterocycles. The molecule has 0 radical (unpaired) electrons. The Hall–Kier alpha value is -3.10. The number of methoxy groups -OCH3 is 1. The highest BCUT2D eigenvalue weighted by atomic mass is 35.5. The number of rotatable bonds is 8. The minimum absolute atomic E-state index is 0.0114. The van der Waals surface area contributed by atoms with Gasteiger partial charge in [0.15, 0.2) is 0 Å². The number of amides is 1. The summed E-state index contributed by atoms with van der Waals surface area (Å²) in [5, 5.41) is 3.20. The first kappa shape index (κ1) is 22.6. The molecule has 31 heavy (non-hydrogen) atoms. The lowest BCUT2D eigenvalue weighted by Gasteiger charge is -2.10. The van der Waals surface area contributed by atoms with Crippen LogP contribution in [-0.4, -0.2) is 21.4 Å². The number of ether oxygens (including phenoxy) is 1. The predicted molar refractivity (Wildman–Crippen MR) is 119 cm³/mol. The van der Waals surface area contributed by atoms with Crippen LogP contribution in [0.5, 0.6) is 5.75 Å². The number of aryl methyl sites for hydroxylation is 1. The lowest BCUT2D eigenvalue weighted by molar-refractivity contribution is -0.116. The molecule has 6 nitrogen and oxygen atoms in total. The molecule has 0 atom stereocenters. The zero-order chi connectivity index (χ0) is 22.4. The highest BCUT2D eigenvalue weighted by Gasteiger charge is 2.15. The van der Waals surface area contributed by atoms with Crippen LogP contribution in [0.1, 0.15) is 12.0 Å². The van der Waals surface area contributed by atoms with Crippen molar-refractivity contribution in [3.63, 3.8) is 0 Å². The van der Waals surface area contributed by atoms with E-state index in [-0.39, 0.29) is 22.9 Å². The van der Waals surface area contributed by atoms with E-state index in [2.05, 4.69) is 10.0 Å². The Bertz CT molecular complexity index is 1180. The molecule has 0 fully saturated rings. The van der Waals surface area contributed by atoms with E-state index in [4.69, 9.17) is 16.3 Å². The van der Waals surface area contributed by atoms with Crippen LogP contribution in [0.3, 0.4) is 0 Å². The van der Waals surface area contributed by atoms with E-state index in [1.165, 1.54) is 49.6 Å². The van der Waals surface area contributed by atoms with Crippen molar-refractivity contribution in [3.8, 4) is 5.75 Å². The van der Waals surface area contributed by atoms with Gasteiger partial charge in [0.2, 0.25) is 5.91 Å². The van der Waals surface area contributed by atoms with Crippen LogP contribution in [0.4, 0.5) is 15.8 Å². The van der Waals surface area contributed by atoms with Crippen molar-refractivity contribution >= 4 is 38.9 Å². The summed E-state index contributed by atoms with van der Waals surface area (Å²) < 4.78 is 45.5. The lowest BCUT2D eigenvalue weighted by atomic mass is 10.1. The highest BCUT2D eigenvalue weighted by molar-refractivity contribution is 7.92. The fourth-order valence-electron chi connectivity index (χ4n) is 2.83. The Morgan fingerprint density at radius 2 is 1.77 bits per heavy atom. The first-order valence-corrected chi connectivity index (χ1v) is 11.1. The maximum atomic E-state index is 13.3. The van der Waals surface area contributed by atoms with E-state index >= 15 is 0 Å². The zero-order valence-corrected chi connectivity index (χ0v) is 18.1. The summed E-state index contributed by atoms with van der Waals surface area (Å²) in [5.74, 6) is -0.201. The predicted octanol–water partition coefficient (Wildman–Crippen LogP) is 4.86. The summed E-state index contributed by atoms with van der Waals surface area (Å²) in [6.45, 7) is 0. The van der Waals surface area contributed by atoms with Gasteiger partial charge in [-0.2, -0.15) is 0 Å². The van der Waals surface area contributed by atoms with Gasteiger partial charge in [0.25, 0.3) is 10.0 Å². The Balaban J connectivity index is 1.58. The van der Waals surface area contributed by atoms with E-state index in [1.807, 2.05) is 6.07 Å². The SMILES string of the molecule is COc1ccc(CCC(=O)Nc2ccc(S(=O)(=O)Nc3cccc(F)c3)cc2)cc1Cl. The number of anilines is 2. The Labute approximate surface area is 185 Å². The minimum atomic E-state index is -3.88. The molecule has 0 saturated heterocycles. The van der Waals surface area contributed by atoms with Crippen LogP contribution < -0.4 is 14.8 Å². The Morgan fingerprint density at radius 3 is 2.42 bits per heavy atom. The van der Waals surface area contributed by atoms with Crippen molar-refractivity contribution in [3.05, 3.63) is 83.1 Å². The third-order valence-electron chi connectivity index (χ3n) is 4.38. The van der Waals surface area contributed by atoms with Gasteiger partial charge < -0.3 is 10.1 Å². The van der Waals surface area contributed by atoms with Crippen molar-refractivity contribution in [2.45, 2.75) is 17.7 Å². The van der Waals surface area contributed by atoms with Crippen LogP contribution in [0.25, 0.3) is 0 Å². The maximum absolute atomic E-state index is 13.3. The van der Waals surface area contributed by atoms with Crippen molar-refractivity contribution in [1.82, 2.24) is 0 Å². The summed E-state index contributed by atoms with van der Waals surface area (Å²) in [6.07, 6.45) is 0.712. The Morgan fingerprint density at radius 1 is 1.03 bits per heavy atom. The second kappa shape index (κ2) is 9.80. The topological polar surface area (TPSA) is 84.5 Å². The van der Waals surface area contributed by atoms with Gasteiger partial charge in [-0.3, -0.25) is 9.52 Å². The molecule has 0 unspecified atom stereocenters. The van der Waals surface area contributed by atoms with Gasteiger partial charge in [0, 0.05) is 12.1 Å². The lowest BCUT2D eigenvalue weighted by Crippen LogP contribution is -2.14. The summed E-state index contributed by atoms with van der Waals surface area (Å²) in [5.41, 5.74) is 1.48. The molecule has 0 bridgehead atoms. The molecule has 2 N–H and O–H groups in total. The second-order valence-electron chi connectivity index (χ2n) is 6.66. The quantitative estimate of drug-likeness (QED) is 0.500. The molecule has 162 valence electrons. The summed E-state index contributed by atoms with van der Waals surface area (Å²) in [4.78, 5) is 12.2. The number of sulfonamides is 1. The van der Waals surface area contributed by atoms with Crippen molar-refractivity contribution in [2.24, 2.45) is 0 Å². The van der Waals surface area contributed by atoms with E-state index in [0.29, 0.717) is 22.9 Å². The number of halogens is 2. The van der Waals surface area contributed by atoms with Crippen LogP contribution in [0, 0.1) is 5.82 Å². The van der Waals surface area contributed by atoms with Gasteiger partial charge >= 0.3 is 0 Å². The van der Waals surface area contributed by atoms with Gasteiger partial charge in [-0.25, -0.2) is 12.8 Å². The smallest absolute Gasteiger partial charge is 0.261 e. The standard InChI is InChI=1S/C22H20ClFN2O4S/c1-30-21-11-5-15(13-20(21)23)6-12-22(27)25-17-7-9-19(10-8-17)31(28,29)26-18-4-2-3-16(24)14-18/h2-5,7-11,13-14,26H,6,12H2,1H3,(H,25,27). The van der Waals surface area contributed by atoms with Gasteiger partial charge in [-0.15, -0.1) is 0 Å². The minimum Gasteiger partial charge on any atom is -0.495 e. The number of benzene rings is 3. The second-order valence-corrected chi connectivity index (χ2v) is 8.75. The molecule has 3 rings (SSSR count). The molecule has 3 aromatic carbocycles. The molecule has 0 saturated carbocycles. The molecule has 0 heterocycles. The molecule has 0 aliphatic heterocycles. The van der Waals surface area contributed by atoms with Crippen LogP contribution in [0.2, 0.25) is 5.02 Å². The summed E-state index contributed by atoms with van der Waals surface area (Å²) in [6, 6.07) is 16.2. The molecular formula is C22H20ClFN2O4S. The van der Waals surface area contributed by atoms with E-state index in [9.17, 15) is 17.6 Å². The molecule has 9 heteroatoms. The molecule has 0 aliphatic rings. The Kier molecular flexibility index (Phi) is 7.14. The third-order valence-corrected chi connectivity index (χ3v) is 6.07. The third kappa shape index (κ3) is 6.19. The first-order chi connectivity index (χ1) is 14.8. The fraction of sp³-hybridized carbons (Fsp3) is 0.136. The van der Waals surface area contributed by atoms with Gasteiger partial charge in [0.1, 0.15) is 11.6 Å². The van der Waals surface area contributed by atoms with Gasteiger partial charge in [-0.1, -0.05) is 23.7 Å². The summed E-state index contributed by atoms with van der Waals surface area (Å²) >= 11 is 6.09.